The summed E-state index contributed by atoms with van der Waals surface area (Å²) in [5.74, 6) is 1.99. The molecule has 1 atom stereocenters. The van der Waals surface area contributed by atoms with Crippen LogP contribution >= 0.6 is 12.2 Å². The predicted molar refractivity (Wildman–Crippen MR) is 249 cm³/mol. The average molecular weight is 935 g/mol. The van der Waals surface area contributed by atoms with E-state index in [-0.39, 0.29) is 98.7 Å². The number of nitrogens with zero attached hydrogens (tertiary/aromatic N) is 7. The van der Waals surface area contributed by atoms with E-state index < -0.39 is 0 Å². The van der Waals surface area contributed by atoms with Gasteiger partial charge >= 0.3 is 59.1 Å². The number of aryl methyl sites for hydroxylation is 1. The second-order valence-electron chi connectivity index (χ2n) is 16.7. The molecule has 1 unspecified atom stereocenters. The number of hydrogen-bond acceptors (Lipinski definition) is 11. The summed E-state index contributed by atoms with van der Waals surface area (Å²) in [7, 11) is 3.31. The summed E-state index contributed by atoms with van der Waals surface area (Å²) in [5, 5.41) is 61.5. The van der Waals surface area contributed by atoms with Crippen molar-refractivity contribution in [3.63, 3.8) is 0 Å². The van der Waals surface area contributed by atoms with Crippen LogP contribution in [0.2, 0.25) is 0 Å². The summed E-state index contributed by atoms with van der Waals surface area (Å²) in [6.07, 6.45) is 5.59. The molecule has 0 bridgehead atoms. The largest absolute Gasteiger partial charge is 1.00 e. The normalized spacial score (nSPS) is 11.9. The van der Waals surface area contributed by atoms with E-state index in [4.69, 9.17) is 34.3 Å². The molecule has 14 nitrogen and oxygen atoms in total. The minimum atomic E-state index is -0.328. The van der Waals surface area contributed by atoms with Crippen LogP contribution in [0.3, 0.4) is 0 Å². The Hall–Kier alpha value is -4.52. The molecule has 18 heteroatoms. The Bertz CT molecular complexity index is 3050. The number of aromatic amines is 1. The molecule has 65 heavy (non-hydrogen) atoms. The third-order valence-corrected chi connectivity index (χ3v) is 12.0. The van der Waals surface area contributed by atoms with Gasteiger partial charge < -0.3 is 51.7 Å². The van der Waals surface area contributed by atoms with E-state index in [1.54, 1.807) is 30.9 Å². The van der Waals surface area contributed by atoms with Crippen molar-refractivity contribution < 1.29 is 89.0 Å². The van der Waals surface area contributed by atoms with Crippen molar-refractivity contribution in [1.82, 2.24) is 38.7 Å². The van der Waals surface area contributed by atoms with Crippen LogP contribution < -0.4 is 73.7 Å². The van der Waals surface area contributed by atoms with Gasteiger partial charge in [-0.2, -0.15) is 10.2 Å². The number of H-pyrrole nitrogens is 1. The minimum Gasteiger partial charge on any atom is -0.872 e. The number of aromatic hydroxyl groups is 3. The van der Waals surface area contributed by atoms with Crippen molar-refractivity contribution in [2.45, 2.75) is 90.9 Å². The topological polar surface area (TPSA) is 176 Å². The van der Waals surface area contributed by atoms with Gasteiger partial charge in [0.1, 0.15) is 28.7 Å². The predicted octanol–water partition coefficient (Wildman–Crippen LogP) is 3.97. The maximum absolute atomic E-state index is 12.1. The number of rotatable bonds is 10. The molecule has 4 aromatic carbocycles. The Morgan fingerprint density at radius 1 is 0.754 bits per heavy atom. The van der Waals surface area contributed by atoms with Crippen LogP contribution in [0.25, 0.3) is 56.0 Å². The number of hydrogen-bond donors (Lipinski definition) is 4. The number of phenolic OH excluding ortho intramolecular Hbond substituents is 3. The molecule has 0 amide bonds. The number of fused-ring (bicyclic) bond motifs is 2. The molecule has 8 rings (SSSR count). The van der Waals surface area contributed by atoms with Gasteiger partial charge in [0.2, 0.25) is 0 Å². The van der Waals surface area contributed by atoms with E-state index in [0.717, 1.165) is 51.1 Å². The summed E-state index contributed by atoms with van der Waals surface area (Å²) >= 11 is 11.1. The van der Waals surface area contributed by atoms with Crippen LogP contribution in [0.4, 0.5) is 0 Å². The molecule has 0 aliphatic rings. The van der Waals surface area contributed by atoms with Crippen molar-refractivity contribution in [1.29, 1.82) is 0 Å². The second-order valence-corrected chi connectivity index (χ2v) is 17.4. The molecule has 330 valence electrons. The summed E-state index contributed by atoms with van der Waals surface area (Å²) in [4.78, 5) is 0. The first-order valence-corrected chi connectivity index (χ1v) is 21.5. The Morgan fingerprint density at radius 3 is 1.86 bits per heavy atom. The number of benzene rings is 4. The molecule has 0 aliphatic carbocycles. The molecular formula is C47H52N8Na2O6S2. The van der Waals surface area contributed by atoms with E-state index in [0.29, 0.717) is 51.1 Å². The number of aromatic nitrogens is 8. The Balaban J connectivity index is 0.000000238. The fourth-order valence-corrected chi connectivity index (χ4v) is 8.43. The molecule has 0 aliphatic heterocycles. The molecule has 0 spiro atoms. The van der Waals surface area contributed by atoms with Gasteiger partial charge in [-0.15, -0.1) is 10.8 Å². The molecule has 0 saturated carbocycles. The summed E-state index contributed by atoms with van der Waals surface area (Å²) in [5.41, 5.74) is 5.39. The van der Waals surface area contributed by atoms with Crippen LogP contribution in [0.15, 0.2) is 78.2 Å². The third kappa shape index (κ3) is 9.55. The molecule has 0 fully saturated rings. The van der Waals surface area contributed by atoms with Gasteiger partial charge in [-0.1, -0.05) is 40.2 Å². The number of ether oxygens (including phenoxy) is 2. The monoisotopic (exact) mass is 934 g/mol. The van der Waals surface area contributed by atoms with Crippen molar-refractivity contribution in [3.05, 3.63) is 89.0 Å². The van der Waals surface area contributed by atoms with Crippen molar-refractivity contribution in [3.8, 4) is 68.6 Å². The molecule has 0 saturated heterocycles. The van der Waals surface area contributed by atoms with Gasteiger partial charge in [-0.25, -0.2) is 0 Å². The number of phenols is 3. The van der Waals surface area contributed by atoms with Crippen LogP contribution in [-0.4, -0.2) is 68.2 Å². The van der Waals surface area contributed by atoms with Gasteiger partial charge in [0.25, 0.3) is 0 Å². The van der Waals surface area contributed by atoms with Crippen LogP contribution in [0, 0.1) is 4.77 Å². The average Bonchev–Trinajstić information content (AvgIpc) is 4.05. The van der Waals surface area contributed by atoms with E-state index in [9.17, 15) is 20.4 Å². The first-order valence-electron chi connectivity index (χ1n) is 20.7. The van der Waals surface area contributed by atoms with Crippen molar-refractivity contribution in [2.24, 2.45) is 0 Å². The zero-order valence-electron chi connectivity index (χ0n) is 39.0. The van der Waals surface area contributed by atoms with Crippen molar-refractivity contribution in [2.75, 3.05) is 14.2 Å². The Morgan fingerprint density at radius 2 is 1.31 bits per heavy atom. The maximum Gasteiger partial charge on any atom is 1.00 e. The zero-order valence-corrected chi connectivity index (χ0v) is 44.6. The summed E-state index contributed by atoms with van der Waals surface area (Å²) in [6, 6.07) is 18.2. The summed E-state index contributed by atoms with van der Waals surface area (Å²) in [6.45, 7) is 16.4. The molecule has 4 heterocycles. The zero-order chi connectivity index (χ0) is 45.7. The quantitative estimate of drug-likeness (QED) is 0.0888. The Labute approximate surface area is 433 Å². The third-order valence-electron chi connectivity index (χ3n) is 11.4. The molecule has 0 radical (unpaired) electrons. The fraction of sp³-hybridized carbons (Fsp3) is 0.319. The molecule has 4 aromatic heterocycles. The first kappa shape index (κ1) is 51.5. The van der Waals surface area contributed by atoms with Gasteiger partial charge in [-0.3, -0.25) is 14.2 Å². The van der Waals surface area contributed by atoms with Crippen molar-refractivity contribution >= 4 is 46.7 Å². The van der Waals surface area contributed by atoms with E-state index in [1.165, 1.54) is 12.1 Å². The first-order chi connectivity index (χ1) is 29.9. The van der Waals surface area contributed by atoms with E-state index >= 15 is 0 Å². The molecule has 8 aromatic rings. The number of methoxy groups -OCH3 is 2. The van der Waals surface area contributed by atoms with E-state index in [1.807, 2.05) is 68.8 Å². The van der Waals surface area contributed by atoms with Gasteiger partial charge in [-0.05, 0) is 106 Å². The van der Waals surface area contributed by atoms with E-state index in [2.05, 4.69) is 69.5 Å². The standard InChI is InChI=1S/C25H30N4O3S.C22H24N4O3S.2Na/c1-7-14(2)28-11-10-15-18(8-9-21(32-6)22(15)28)29-23(26-27-24(29)33)16-12-17(25(3,4)5)20(31)13-19(16)30;1-5-13-10-15(18(28)11-17(13)27)21-23-24-22(30)26(21)16-6-7-19(29-4)20-14(16)8-9-25(20)12(2)3;;/h8-14,30-31H,7H2,1-6H3,(H,27,33);6-12,27-28H,5H2,1-4H3,(H,24,30);;/q;;2*+1/p-2. The molecular weight excluding hydrogens is 883 g/mol. The van der Waals surface area contributed by atoms with Gasteiger partial charge in [0.05, 0.1) is 47.8 Å². The van der Waals surface area contributed by atoms with Crippen LogP contribution in [-0.2, 0) is 24.5 Å². The number of nitrogens with one attached hydrogen (secondary N) is 1. The SMILES string of the molecule is CCC(C)n1ccc2c(-n3c(-c4cc(C(C)(C)C)c(O)cc4O)n[nH]c3=S)ccc(OC)c21.CCc1cc(-c2nnc([S-])n2-c2ccc(OC)c3c2ccn3C(C)C)c(O)cc1[O-].[Na+].[Na+]. The summed E-state index contributed by atoms with van der Waals surface area (Å²) < 4.78 is 19.5. The van der Waals surface area contributed by atoms with Gasteiger partial charge in [0, 0.05) is 52.0 Å². The van der Waals surface area contributed by atoms with Gasteiger partial charge in [0.15, 0.2) is 16.4 Å². The van der Waals surface area contributed by atoms with Crippen LogP contribution in [0.5, 0.6) is 34.5 Å². The molecule has 4 N–H and O–H groups in total. The van der Waals surface area contributed by atoms with Crippen LogP contribution in [0.1, 0.15) is 85.0 Å². The second kappa shape index (κ2) is 20.6. The fourth-order valence-electron chi connectivity index (χ4n) is 7.98. The Kier molecular flexibility index (Phi) is 16.3. The smallest absolute Gasteiger partial charge is 0.872 e. The maximum atomic E-state index is 12.1. The minimum absolute atomic E-state index is 0.